The van der Waals surface area contributed by atoms with E-state index in [-0.39, 0.29) is 0 Å². The number of para-hydroxylation sites is 1. The zero-order valence-electron chi connectivity index (χ0n) is 15.5. The maximum atomic E-state index is 12.5. The lowest BCUT2D eigenvalue weighted by Gasteiger charge is -2.11. The molecule has 0 atom stereocenters. The fourth-order valence-corrected chi connectivity index (χ4v) is 3.11. The molecule has 0 saturated carbocycles. The number of anilines is 2. The maximum absolute atomic E-state index is 12.5. The molecule has 0 aliphatic heterocycles. The zero-order valence-corrected chi connectivity index (χ0v) is 15.5. The molecule has 7 heteroatoms. The van der Waals surface area contributed by atoms with Crippen LogP contribution in [-0.4, -0.2) is 25.8 Å². The van der Waals surface area contributed by atoms with Gasteiger partial charge in [-0.2, -0.15) is 0 Å². The lowest BCUT2D eigenvalue weighted by molar-refractivity contribution is -0.0424. The van der Waals surface area contributed by atoms with Crippen molar-refractivity contribution < 1.29 is 15.0 Å². The van der Waals surface area contributed by atoms with E-state index in [2.05, 4.69) is 15.6 Å². The van der Waals surface area contributed by atoms with E-state index in [1.165, 1.54) is 0 Å². The van der Waals surface area contributed by atoms with Crippen molar-refractivity contribution in [1.82, 2.24) is 9.55 Å². The summed E-state index contributed by atoms with van der Waals surface area (Å²) < 4.78 is 1.88. The minimum Gasteiger partial charge on any atom is -0.364 e. The van der Waals surface area contributed by atoms with Crippen molar-refractivity contribution in [2.75, 3.05) is 10.6 Å². The average molecular weight is 388 g/mol. The summed E-state index contributed by atoms with van der Waals surface area (Å²) in [5, 5.41) is 24.5. The van der Waals surface area contributed by atoms with Gasteiger partial charge in [-0.05, 0) is 29.8 Å². The zero-order chi connectivity index (χ0) is 20.2. The molecule has 4 rings (SSSR count). The van der Waals surface area contributed by atoms with Gasteiger partial charge < -0.3 is 20.1 Å². The molecule has 0 saturated heterocycles. The van der Waals surface area contributed by atoms with Gasteiger partial charge in [-0.1, -0.05) is 54.6 Å². The van der Waals surface area contributed by atoms with Gasteiger partial charge in [0, 0.05) is 11.3 Å². The smallest absolute Gasteiger partial charge is 0.326 e. The first kappa shape index (κ1) is 18.7. The molecule has 0 unspecified atom stereocenters. The Labute approximate surface area is 167 Å². The summed E-state index contributed by atoms with van der Waals surface area (Å²) >= 11 is 0. The number of nitrogens with one attached hydrogen (secondary N) is 2. The van der Waals surface area contributed by atoms with E-state index in [0.717, 1.165) is 11.1 Å². The Balaban J connectivity index is 1.68. The first-order valence-corrected chi connectivity index (χ1v) is 9.13. The summed E-state index contributed by atoms with van der Waals surface area (Å²) in [5.41, 5.74) is 3.38. The van der Waals surface area contributed by atoms with Crippen LogP contribution < -0.4 is 10.6 Å². The number of amides is 2. The molecule has 4 N–H and O–H groups in total. The van der Waals surface area contributed by atoms with E-state index < -0.39 is 12.3 Å². The number of benzene rings is 3. The first-order valence-electron chi connectivity index (χ1n) is 9.13. The van der Waals surface area contributed by atoms with E-state index in [1.807, 2.05) is 53.1 Å². The van der Waals surface area contributed by atoms with E-state index in [0.29, 0.717) is 29.3 Å². The van der Waals surface area contributed by atoms with E-state index in [1.54, 1.807) is 30.3 Å². The van der Waals surface area contributed by atoms with Gasteiger partial charge in [0.25, 0.3) is 0 Å². The Bertz CT molecular complexity index is 1120. The van der Waals surface area contributed by atoms with Crippen LogP contribution in [-0.2, 0) is 6.54 Å². The second-order valence-electron chi connectivity index (χ2n) is 6.57. The minimum atomic E-state index is -1.59. The van der Waals surface area contributed by atoms with Gasteiger partial charge in [-0.15, -0.1) is 0 Å². The molecule has 0 radical (unpaired) electrons. The fraction of sp³-hybridized carbons (Fsp3) is 0.0909. The highest BCUT2D eigenvalue weighted by atomic mass is 16.5. The van der Waals surface area contributed by atoms with Crippen LogP contribution in [0.5, 0.6) is 0 Å². The van der Waals surface area contributed by atoms with E-state index in [4.69, 9.17) is 0 Å². The van der Waals surface area contributed by atoms with Crippen molar-refractivity contribution in [3.8, 4) is 0 Å². The summed E-state index contributed by atoms with van der Waals surface area (Å²) in [6.45, 7) is 0.499. The Morgan fingerprint density at radius 1 is 0.931 bits per heavy atom. The Hall–Kier alpha value is -3.68. The SMILES string of the molecule is O=C(Nc1ccccc1)Nc1nc2cc(C(O)O)ccc2n1Cc1ccccc1. The molecule has 3 aromatic carbocycles. The normalized spacial score (nSPS) is 11.0. The van der Waals surface area contributed by atoms with Crippen LogP contribution in [0.1, 0.15) is 17.4 Å². The van der Waals surface area contributed by atoms with Crippen LogP contribution in [0, 0.1) is 0 Å². The second-order valence-corrected chi connectivity index (χ2v) is 6.57. The quantitative estimate of drug-likeness (QED) is 0.392. The summed E-state index contributed by atoms with van der Waals surface area (Å²) in [5.74, 6) is 0.363. The molecular formula is C22H20N4O3. The monoisotopic (exact) mass is 388 g/mol. The van der Waals surface area contributed by atoms with Crippen molar-refractivity contribution in [2.45, 2.75) is 12.8 Å². The highest BCUT2D eigenvalue weighted by molar-refractivity contribution is 5.99. The predicted molar refractivity (Wildman–Crippen MR) is 112 cm³/mol. The van der Waals surface area contributed by atoms with Crippen LogP contribution in [0.4, 0.5) is 16.4 Å². The fourth-order valence-electron chi connectivity index (χ4n) is 3.11. The molecule has 0 spiro atoms. The van der Waals surface area contributed by atoms with Crippen LogP contribution >= 0.6 is 0 Å². The molecule has 2 amide bonds. The highest BCUT2D eigenvalue weighted by Crippen LogP contribution is 2.24. The van der Waals surface area contributed by atoms with Gasteiger partial charge in [0.2, 0.25) is 5.95 Å². The summed E-state index contributed by atoms with van der Waals surface area (Å²) in [6.07, 6.45) is -1.59. The molecule has 146 valence electrons. The number of urea groups is 1. The van der Waals surface area contributed by atoms with Crippen LogP contribution in [0.15, 0.2) is 78.9 Å². The Kier molecular flexibility index (Phi) is 5.24. The number of carbonyl (C=O) groups excluding carboxylic acids is 1. The van der Waals surface area contributed by atoms with E-state index in [9.17, 15) is 15.0 Å². The third-order valence-electron chi connectivity index (χ3n) is 4.51. The molecule has 1 aromatic heterocycles. The molecule has 4 aromatic rings. The van der Waals surface area contributed by atoms with Gasteiger partial charge in [0.1, 0.15) is 0 Å². The maximum Gasteiger partial charge on any atom is 0.326 e. The average Bonchev–Trinajstić information content (AvgIpc) is 3.05. The molecule has 29 heavy (non-hydrogen) atoms. The summed E-state index contributed by atoms with van der Waals surface area (Å²) in [7, 11) is 0. The molecule has 0 aliphatic carbocycles. The number of hydrogen-bond donors (Lipinski definition) is 4. The molecule has 0 bridgehead atoms. The summed E-state index contributed by atoms with van der Waals surface area (Å²) in [6, 6.07) is 23.5. The molecule has 0 aliphatic rings. The number of fused-ring (bicyclic) bond motifs is 1. The van der Waals surface area contributed by atoms with Gasteiger partial charge in [-0.3, -0.25) is 5.32 Å². The van der Waals surface area contributed by atoms with Crippen molar-refractivity contribution in [2.24, 2.45) is 0 Å². The largest absolute Gasteiger partial charge is 0.364 e. The first-order chi connectivity index (χ1) is 14.1. The Morgan fingerprint density at radius 2 is 1.62 bits per heavy atom. The lowest BCUT2D eigenvalue weighted by atomic mass is 10.2. The number of aliphatic hydroxyl groups is 2. The lowest BCUT2D eigenvalue weighted by Crippen LogP contribution is -2.22. The minimum absolute atomic E-state index is 0.335. The van der Waals surface area contributed by atoms with Gasteiger partial charge in [0.15, 0.2) is 6.29 Å². The number of rotatable bonds is 5. The van der Waals surface area contributed by atoms with Gasteiger partial charge >= 0.3 is 6.03 Å². The third kappa shape index (κ3) is 4.26. The third-order valence-corrected chi connectivity index (χ3v) is 4.51. The molecule has 0 fully saturated rings. The number of aliphatic hydroxyl groups excluding tert-OH is 1. The summed E-state index contributed by atoms with van der Waals surface area (Å²) in [4.78, 5) is 17.0. The predicted octanol–water partition coefficient (Wildman–Crippen LogP) is 3.71. The van der Waals surface area contributed by atoms with Crippen molar-refractivity contribution >= 4 is 28.7 Å². The standard InChI is InChI=1S/C22H20N4O3/c27-20(28)16-11-12-19-18(13-16)24-21(26(19)14-15-7-3-1-4-8-15)25-22(29)23-17-9-5-2-6-10-17/h1-13,20,27-28H,14H2,(H2,23,24,25,29). The number of imidazole rings is 1. The second kappa shape index (κ2) is 8.14. The number of aromatic nitrogens is 2. The van der Waals surface area contributed by atoms with Gasteiger partial charge in [-0.25, -0.2) is 9.78 Å². The molecule has 1 heterocycles. The topological polar surface area (TPSA) is 99.4 Å². The molecular weight excluding hydrogens is 368 g/mol. The van der Waals surface area contributed by atoms with Crippen LogP contribution in [0.2, 0.25) is 0 Å². The number of carbonyl (C=O) groups is 1. The number of nitrogens with zero attached hydrogens (tertiary/aromatic N) is 2. The van der Waals surface area contributed by atoms with Crippen LogP contribution in [0.25, 0.3) is 11.0 Å². The van der Waals surface area contributed by atoms with E-state index >= 15 is 0 Å². The highest BCUT2D eigenvalue weighted by Gasteiger charge is 2.15. The molecule has 7 nitrogen and oxygen atoms in total. The van der Waals surface area contributed by atoms with Gasteiger partial charge in [0.05, 0.1) is 17.6 Å². The van der Waals surface area contributed by atoms with Crippen molar-refractivity contribution in [3.05, 3.63) is 90.0 Å². The van der Waals surface area contributed by atoms with Crippen molar-refractivity contribution in [1.29, 1.82) is 0 Å². The Morgan fingerprint density at radius 3 is 2.31 bits per heavy atom. The van der Waals surface area contributed by atoms with Crippen molar-refractivity contribution in [3.63, 3.8) is 0 Å². The number of hydrogen-bond acceptors (Lipinski definition) is 4. The van der Waals surface area contributed by atoms with Crippen LogP contribution in [0.3, 0.4) is 0 Å².